The summed E-state index contributed by atoms with van der Waals surface area (Å²) >= 11 is 1.69. The van der Waals surface area contributed by atoms with Crippen molar-refractivity contribution in [2.24, 2.45) is 0 Å². The molecule has 7 heteroatoms. The molecule has 1 aliphatic heterocycles. The minimum atomic E-state index is -0.0593. The highest BCUT2D eigenvalue weighted by Gasteiger charge is 2.31. The Bertz CT molecular complexity index is 803. The van der Waals surface area contributed by atoms with E-state index in [9.17, 15) is 4.79 Å². The van der Waals surface area contributed by atoms with Crippen LogP contribution in [0.25, 0.3) is 4.83 Å². The van der Waals surface area contributed by atoms with Gasteiger partial charge in [0.2, 0.25) is 0 Å². The lowest BCUT2D eigenvalue weighted by Crippen LogP contribution is -2.28. The largest absolute Gasteiger partial charge is 0.361 e. The van der Waals surface area contributed by atoms with E-state index >= 15 is 0 Å². The minimum absolute atomic E-state index is 0.0593. The molecule has 1 saturated heterocycles. The van der Waals surface area contributed by atoms with Gasteiger partial charge in [-0.05, 0) is 13.3 Å². The number of hydrogen-bond acceptors (Lipinski definition) is 5. The lowest BCUT2D eigenvalue weighted by molar-refractivity contribution is 0.0780. The highest BCUT2D eigenvalue weighted by atomic mass is 32.1. The number of aromatic nitrogens is 3. The predicted molar refractivity (Wildman–Crippen MR) is 77.6 cm³/mol. The first kappa shape index (κ1) is 12.6. The molecule has 0 spiro atoms. The molecule has 0 N–H and O–H groups in total. The van der Waals surface area contributed by atoms with Crippen LogP contribution >= 0.6 is 11.3 Å². The Labute approximate surface area is 125 Å². The molecule has 108 valence electrons. The average Bonchev–Trinajstić information content (AvgIpc) is 3.21. The van der Waals surface area contributed by atoms with Gasteiger partial charge in [0.15, 0.2) is 5.69 Å². The highest BCUT2D eigenvalue weighted by Crippen LogP contribution is 2.31. The standard InChI is InChI=1S/C14H14N4O2S/c1-9-6-11(16-20-9)13(19)17-3-2-10(7-17)12-14-18(8-15-12)4-5-21-14/h4-6,8,10H,2-3,7H2,1H3. The van der Waals surface area contributed by atoms with Crippen molar-refractivity contribution in [2.75, 3.05) is 13.1 Å². The molecule has 4 heterocycles. The number of likely N-dealkylation sites (tertiary alicyclic amines) is 1. The van der Waals surface area contributed by atoms with E-state index in [0.29, 0.717) is 23.9 Å². The van der Waals surface area contributed by atoms with Crippen LogP contribution in [0.2, 0.25) is 0 Å². The lowest BCUT2D eigenvalue weighted by atomic mass is 10.1. The number of amides is 1. The van der Waals surface area contributed by atoms with Crippen LogP contribution in [0.3, 0.4) is 0 Å². The topological polar surface area (TPSA) is 63.6 Å². The average molecular weight is 302 g/mol. The van der Waals surface area contributed by atoms with Crippen molar-refractivity contribution in [3.63, 3.8) is 0 Å². The molecule has 0 aromatic carbocycles. The number of carbonyl (C=O) groups is 1. The zero-order chi connectivity index (χ0) is 14.4. The zero-order valence-corrected chi connectivity index (χ0v) is 12.3. The molecule has 3 aromatic rings. The fourth-order valence-electron chi connectivity index (χ4n) is 2.83. The number of imidazole rings is 1. The van der Waals surface area contributed by atoms with Crippen LogP contribution in [0, 0.1) is 6.92 Å². The molecule has 4 rings (SSSR count). The van der Waals surface area contributed by atoms with Crippen LogP contribution in [0.4, 0.5) is 0 Å². The first-order valence-electron chi connectivity index (χ1n) is 6.85. The van der Waals surface area contributed by atoms with Gasteiger partial charge in [-0.2, -0.15) is 0 Å². The van der Waals surface area contributed by atoms with Crippen molar-refractivity contribution >= 4 is 22.1 Å². The van der Waals surface area contributed by atoms with E-state index in [2.05, 4.69) is 15.5 Å². The number of hydrogen-bond donors (Lipinski definition) is 0. The van der Waals surface area contributed by atoms with Crippen LogP contribution in [0.15, 0.2) is 28.5 Å². The summed E-state index contributed by atoms with van der Waals surface area (Å²) in [6.07, 6.45) is 4.78. The summed E-state index contributed by atoms with van der Waals surface area (Å²) in [5.74, 6) is 0.894. The van der Waals surface area contributed by atoms with Crippen LogP contribution in [-0.2, 0) is 0 Å². The van der Waals surface area contributed by atoms with Gasteiger partial charge in [0, 0.05) is 36.7 Å². The van der Waals surface area contributed by atoms with E-state index in [-0.39, 0.29) is 5.91 Å². The maximum Gasteiger partial charge on any atom is 0.276 e. The van der Waals surface area contributed by atoms with Crippen molar-refractivity contribution < 1.29 is 9.32 Å². The van der Waals surface area contributed by atoms with Crippen molar-refractivity contribution in [1.82, 2.24) is 19.4 Å². The Balaban J connectivity index is 1.55. The van der Waals surface area contributed by atoms with Gasteiger partial charge in [0.25, 0.3) is 5.91 Å². The van der Waals surface area contributed by atoms with E-state index in [4.69, 9.17) is 4.52 Å². The van der Waals surface area contributed by atoms with E-state index in [0.717, 1.165) is 18.7 Å². The van der Waals surface area contributed by atoms with Crippen LogP contribution in [0.1, 0.15) is 34.3 Å². The maximum absolute atomic E-state index is 12.4. The molecule has 0 aliphatic carbocycles. The molecule has 6 nitrogen and oxygen atoms in total. The molecule has 21 heavy (non-hydrogen) atoms. The zero-order valence-electron chi connectivity index (χ0n) is 11.5. The van der Waals surface area contributed by atoms with E-state index < -0.39 is 0 Å². The maximum atomic E-state index is 12.4. The van der Waals surface area contributed by atoms with Gasteiger partial charge in [0.1, 0.15) is 16.9 Å². The number of nitrogens with zero attached hydrogens (tertiary/aromatic N) is 4. The van der Waals surface area contributed by atoms with Gasteiger partial charge in [-0.3, -0.25) is 9.20 Å². The number of rotatable bonds is 2. The molecule has 1 fully saturated rings. The monoisotopic (exact) mass is 302 g/mol. The normalized spacial score (nSPS) is 18.7. The predicted octanol–water partition coefficient (Wildman–Crippen LogP) is 2.32. The summed E-state index contributed by atoms with van der Waals surface area (Å²) in [4.78, 5) is 19.9. The van der Waals surface area contributed by atoms with E-state index in [1.165, 1.54) is 4.83 Å². The summed E-state index contributed by atoms with van der Waals surface area (Å²) in [6.45, 7) is 3.21. The summed E-state index contributed by atoms with van der Waals surface area (Å²) in [6, 6.07) is 1.68. The van der Waals surface area contributed by atoms with E-state index in [1.54, 1.807) is 24.3 Å². The number of fused-ring (bicyclic) bond motifs is 1. The molecule has 3 aromatic heterocycles. The third kappa shape index (κ3) is 2.04. The SMILES string of the molecule is Cc1cc(C(=O)N2CCC(c3ncn4ccsc34)C2)no1. The van der Waals surface area contributed by atoms with E-state index in [1.807, 2.05) is 21.8 Å². The lowest BCUT2D eigenvalue weighted by Gasteiger charge is -2.14. The Hall–Kier alpha value is -2.15. The molecular formula is C14H14N4O2S. The second kappa shape index (κ2) is 4.70. The summed E-state index contributed by atoms with van der Waals surface area (Å²) in [5, 5.41) is 5.86. The molecule has 0 radical (unpaired) electrons. The first-order chi connectivity index (χ1) is 10.2. The quantitative estimate of drug-likeness (QED) is 0.729. The fourth-order valence-corrected chi connectivity index (χ4v) is 3.72. The molecule has 1 atom stereocenters. The minimum Gasteiger partial charge on any atom is -0.361 e. The molecule has 0 bridgehead atoms. The second-order valence-electron chi connectivity index (χ2n) is 5.30. The molecule has 1 amide bonds. The first-order valence-corrected chi connectivity index (χ1v) is 7.73. The molecule has 0 saturated carbocycles. The third-order valence-corrected chi connectivity index (χ3v) is 4.79. The van der Waals surface area contributed by atoms with Crippen LogP contribution in [0.5, 0.6) is 0 Å². The summed E-state index contributed by atoms with van der Waals surface area (Å²) in [5.41, 5.74) is 1.48. The molecule has 1 unspecified atom stereocenters. The van der Waals surface area contributed by atoms with Gasteiger partial charge in [-0.15, -0.1) is 11.3 Å². The number of aryl methyl sites for hydroxylation is 1. The van der Waals surface area contributed by atoms with Crippen molar-refractivity contribution in [1.29, 1.82) is 0 Å². The van der Waals surface area contributed by atoms with Crippen molar-refractivity contribution in [3.05, 3.63) is 41.1 Å². The molecule has 1 aliphatic rings. The van der Waals surface area contributed by atoms with Gasteiger partial charge in [-0.1, -0.05) is 5.16 Å². The Morgan fingerprint density at radius 3 is 3.24 bits per heavy atom. The number of thiazole rings is 1. The van der Waals surface area contributed by atoms with Crippen LogP contribution < -0.4 is 0 Å². The van der Waals surface area contributed by atoms with Crippen molar-refractivity contribution in [2.45, 2.75) is 19.3 Å². The smallest absolute Gasteiger partial charge is 0.276 e. The Kier molecular flexibility index (Phi) is 2.81. The van der Waals surface area contributed by atoms with Gasteiger partial charge in [0.05, 0.1) is 5.69 Å². The second-order valence-corrected chi connectivity index (χ2v) is 6.20. The van der Waals surface area contributed by atoms with Crippen LogP contribution in [-0.4, -0.2) is 38.4 Å². The van der Waals surface area contributed by atoms with Crippen molar-refractivity contribution in [3.8, 4) is 0 Å². The number of carbonyl (C=O) groups excluding carboxylic acids is 1. The highest BCUT2D eigenvalue weighted by molar-refractivity contribution is 7.15. The fraction of sp³-hybridized carbons (Fsp3) is 0.357. The Morgan fingerprint density at radius 1 is 1.52 bits per heavy atom. The van der Waals surface area contributed by atoms with Gasteiger partial charge < -0.3 is 9.42 Å². The molecular weight excluding hydrogens is 288 g/mol. The summed E-state index contributed by atoms with van der Waals surface area (Å²) in [7, 11) is 0. The van der Waals surface area contributed by atoms with Gasteiger partial charge in [-0.25, -0.2) is 4.98 Å². The van der Waals surface area contributed by atoms with Gasteiger partial charge >= 0.3 is 0 Å². The summed E-state index contributed by atoms with van der Waals surface area (Å²) < 4.78 is 7.01. The third-order valence-electron chi connectivity index (χ3n) is 3.89. The Morgan fingerprint density at radius 2 is 2.43 bits per heavy atom.